The number of halogens is 1. The number of carbonyl (C=O) groups is 2. The van der Waals surface area contributed by atoms with Gasteiger partial charge in [-0.2, -0.15) is 0 Å². The number of anilines is 1. The molecule has 1 amide bonds. The Balaban J connectivity index is 2.83. The minimum Gasteiger partial charge on any atom is -0.478 e. The number of nitrogens with one attached hydrogen (secondary N) is 2. The number of aromatic nitrogens is 1. The van der Waals surface area contributed by atoms with E-state index in [-0.39, 0.29) is 16.6 Å². The normalized spacial score (nSPS) is 10.9. The van der Waals surface area contributed by atoms with Gasteiger partial charge in [0.15, 0.2) is 0 Å². The van der Waals surface area contributed by atoms with Crippen LogP contribution in [0.3, 0.4) is 0 Å². The van der Waals surface area contributed by atoms with Gasteiger partial charge in [0.1, 0.15) is 11.0 Å². The smallest absolute Gasteiger partial charge is 0.335 e. The molecule has 7 heteroatoms. The summed E-state index contributed by atoms with van der Waals surface area (Å²) in [5.74, 6) is -0.889. The van der Waals surface area contributed by atoms with Gasteiger partial charge in [0.05, 0.1) is 11.0 Å². The molecule has 0 radical (unpaired) electrons. The molecule has 1 heterocycles. The molecule has 0 fully saturated rings. The highest BCUT2D eigenvalue weighted by molar-refractivity contribution is 6.29. The van der Waals surface area contributed by atoms with E-state index >= 15 is 0 Å². The lowest BCUT2D eigenvalue weighted by atomic mass is 9.92. The molecule has 0 spiro atoms. The van der Waals surface area contributed by atoms with E-state index in [9.17, 15) is 9.59 Å². The Bertz CT molecular complexity index is 503. The van der Waals surface area contributed by atoms with Gasteiger partial charge >= 0.3 is 5.97 Å². The highest BCUT2D eigenvalue weighted by Gasteiger charge is 2.26. The summed E-state index contributed by atoms with van der Waals surface area (Å²) < 4.78 is 0. The molecule has 0 saturated carbocycles. The fraction of sp³-hybridized carbons (Fsp3) is 0.417. The average molecular weight is 286 g/mol. The maximum atomic E-state index is 11.6. The largest absolute Gasteiger partial charge is 0.478 e. The number of aromatic carboxylic acids is 1. The van der Waals surface area contributed by atoms with Crippen molar-refractivity contribution in [1.29, 1.82) is 0 Å². The third-order valence-corrected chi connectivity index (χ3v) is 2.79. The van der Waals surface area contributed by atoms with Crippen molar-refractivity contribution >= 4 is 29.3 Å². The van der Waals surface area contributed by atoms with Crippen LogP contribution < -0.4 is 10.6 Å². The first-order valence-corrected chi connectivity index (χ1v) is 6.01. The van der Waals surface area contributed by atoms with Crippen molar-refractivity contribution in [3.8, 4) is 0 Å². The van der Waals surface area contributed by atoms with Crippen LogP contribution in [0, 0.1) is 5.41 Å². The van der Waals surface area contributed by atoms with E-state index in [4.69, 9.17) is 16.7 Å². The highest BCUT2D eigenvalue weighted by atomic mass is 35.5. The van der Waals surface area contributed by atoms with Gasteiger partial charge in [-0.1, -0.05) is 11.6 Å². The van der Waals surface area contributed by atoms with Crippen LogP contribution in [0.25, 0.3) is 0 Å². The Hall–Kier alpha value is -1.82. The Labute approximate surface area is 116 Å². The number of nitrogens with zero attached hydrogens (tertiary/aromatic N) is 1. The molecule has 3 N–H and O–H groups in total. The maximum Gasteiger partial charge on any atom is 0.335 e. The van der Waals surface area contributed by atoms with Crippen LogP contribution in [-0.2, 0) is 4.79 Å². The zero-order valence-electron chi connectivity index (χ0n) is 11.0. The topological polar surface area (TPSA) is 91.3 Å². The average Bonchev–Trinajstić information content (AvgIpc) is 2.34. The predicted molar refractivity (Wildman–Crippen MR) is 72.5 cm³/mol. The van der Waals surface area contributed by atoms with Crippen molar-refractivity contribution in [3.63, 3.8) is 0 Å². The zero-order chi connectivity index (χ0) is 14.6. The zero-order valence-corrected chi connectivity index (χ0v) is 11.7. The van der Waals surface area contributed by atoms with E-state index in [2.05, 4.69) is 15.6 Å². The number of carboxylic acids is 1. The van der Waals surface area contributed by atoms with Crippen molar-refractivity contribution in [3.05, 3.63) is 22.8 Å². The number of hydrogen-bond donors (Lipinski definition) is 3. The van der Waals surface area contributed by atoms with Crippen LogP contribution in [0.15, 0.2) is 12.1 Å². The van der Waals surface area contributed by atoms with Crippen LogP contribution >= 0.6 is 11.6 Å². The standard InChI is InChI=1S/C12H16ClN3O3/c1-12(2,11(19)14-3)6-15-9-5-7(10(17)18)4-8(13)16-9/h4-5H,6H2,1-3H3,(H,14,19)(H,15,16)(H,17,18). The summed E-state index contributed by atoms with van der Waals surface area (Å²) in [5, 5.41) is 14.5. The van der Waals surface area contributed by atoms with Crippen LogP contribution in [0.1, 0.15) is 24.2 Å². The van der Waals surface area contributed by atoms with E-state index in [1.807, 2.05) is 0 Å². The van der Waals surface area contributed by atoms with Gasteiger partial charge in [0.25, 0.3) is 0 Å². The van der Waals surface area contributed by atoms with Crippen LogP contribution in [0.2, 0.25) is 5.15 Å². The van der Waals surface area contributed by atoms with Crippen LogP contribution in [-0.4, -0.2) is 35.6 Å². The van der Waals surface area contributed by atoms with Crippen LogP contribution in [0.4, 0.5) is 5.82 Å². The summed E-state index contributed by atoms with van der Waals surface area (Å²) in [4.78, 5) is 26.5. The first-order valence-electron chi connectivity index (χ1n) is 5.63. The summed E-state index contributed by atoms with van der Waals surface area (Å²) in [6, 6.07) is 2.63. The third-order valence-electron chi connectivity index (χ3n) is 2.59. The molecule has 1 aromatic heterocycles. The van der Waals surface area contributed by atoms with Crippen molar-refractivity contribution in [2.45, 2.75) is 13.8 Å². The van der Waals surface area contributed by atoms with Gasteiger partial charge in [0, 0.05) is 13.6 Å². The van der Waals surface area contributed by atoms with E-state index in [0.29, 0.717) is 12.4 Å². The number of pyridine rings is 1. The van der Waals surface area contributed by atoms with Gasteiger partial charge in [-0.3, -0.25) is 4.79 Å². The minimum atomic E-state index is -1.09. The van der Waals surface area contributed by atoms with Crippen LogP contribution in [0.5, 0.6) is 0 Å². The van der Waals surface area contributed by atoms with Gasteiger partial charge in [-0.05, 0) is 26.0 Å². The molecule has 0 aliphatic heterocycles. The molecule has 104 valence electrons. The SMILES string of the molecule is CNC(=O)C(C)(C)CNc1cc(C(=O)O)cc(Cl)n1. The first kappa shape index (κ1) is 15.2. The Morgan fingerprint density at radius 2 is 2.05 bits per heavy atom. The van der Waals surface area contributed by atoms with Crippen molar-refractivity contribution in [2.24, 2.45) is 5.41 Å². The molecule has 1 rings (SSSR count). The van der Waals surface area contributed by atoms with Gasteiger partial charge in [-0.25, -0.2) is 9.78 Å². The summed E-state index contributed by atoms with van der Waals surface area (Å²) >= 11 is 5.74. The third kappa shape index (κ3) is 4.10. The van der Waals surface area contributed by atoms with E-state index in [0.717, 1.165) is 0 Å². The summed E-state index contributed by atoms with van der Waals surface area (Å²) in [7, 11) is 1.56. The van der Waals surface area contributed by atoms with E-state index < -0.39 is 11.4 Å². The van der Waals surface area contributed by atoms with Crippen molar-refractivity contribution < 1.29 is 14.7 Å². The molecule has 0 atom stereocenters. The monoisotopic (exact) mass is 285 g/mol. The molecule has 6 nitrogen and oxygen atoms in total. The number of rotatable bonds is 5. The molecular weight excluding hydrogens is 270 g/mol. The summed E-state index contributed by atoms with van der Waals surface area (Å²) in [6.45, 7) is 3.84. The second-order valence-corrected chi connectivity index (χ2v) is 5.07. The Morgan fingerprint density at radius 1 is 1.42 bits per heavy atom. The first-order chi connectivity index (χ1) is 8.76. The predicted octanol–water partition coefficient (Wildman–Crippen LogP) is 1.62. The molecule has 0 aromatic carbocycles. The fourth-order valence-electron chi connectivity index (χ4n) is 1.44. The lowest BCUT2D eigenvalue weighted by molar-refractivity contribution is -0.128. The number of hydrogen-bond acceptors (Lipinski definition) is 4. The Morgan fingerprint density at radius 3 is 2.58 bits per heavy atom. The Kier molecular flexibility index (Phi) is 4.72. The number of amides is 1. The minimum absolute atomic E-state index is 0.0419. The molecule has 0 aliphatic rings. The highest BCUT2D eigenvalue weighted by Crippen LogP contribution is 2.19. The molecule has 0 aliphatic carbocycles. The fourth-order valence-corrected chi connectivity index (χ4v) is 1.65. The van der Waals surface area contributed by atoms with Crippen molar-refractivity contribution in [2.75, 3.05) is 18.9 Å². The van der Waals surface area contributed by atoms with E-state index in [1.165, 1.54) is 12.1 Å². The lowest BCUT2D eigenvalue weighted by Crippen LogP contribution is -2.39. The second-order valence-electron chi connectivity index (χ2n) is 4.69. The van der Waals surface area contributed by atoms with Crippen molar-refractivity contribution in [1.82, 2.24) is 10.3 Å². The molecule has 0 saturated heterocycles. The van der Waals surface area contributed by atoms with E-state index in [1.54, 1.807) is 20.9 Å². The molecule has 1 aromatic rings. The molecule has 0 unspecified atom stereocenters. The number of carboxylic acid groups (broad SMARTS) is 1. The quantitative estimate of drug-likeness (QED) is 0.715. The number of carbonyl (C=O) groups excluding carboxylic acids is 1. The van der Waals surface area contributed by atoms with Gasteiger partial charge < -0.3 is 15.7 Å². The summed E-state index contributed by atoms with van der Waals surface area (Å²) in [5.41, 5.74) is -0.609. The maximum absolute atomic E-state index is 11.6. The summed E-state index contributed by atoms with van der Waals surface area (Å²) in [6.07, 6.45) is 0. The molecule has 19 heavy (non-hydrogen) atoms. The molecular formula is C12H16ClN3O3. The molecule has 0 bridgehead atoms. The van der Waals surface area contributed by atoms with Gasteiger partial charge in [0.2, 0.25) is 5.91 Å². The lowest BCUT2D eigenvalue weighted by Gasteiger charge is -2.23. The van der Waals surface area contributed by atoms with Gasteiger partial charge in [-0.15, -0.1) is 0 Å². The second kappa shape index (κ2) is 5.88.